The van der Waals surface area contributed by atoms with Crippen LogP contribution in [0.15, 0.2) is 41.3 Å². The average Bonchev–Trinajstić information content (AvgIpc) is 3.12. The van der Waals surface area contributed by atoms with Gasteiger partial charge in [0.05, 0.1) is 35.4 Å². The van der Waals surface area contributed by atoms with Crippen LogP contribution in [0.1, 0.15) is 12.8 Å². The Hall–Kier alpha value is -3.34. The van der Waals surface area contributed by atoms with Crippen molar-refractivity contribution < 1.29 is 27.6 Å². The standard InChI is InChI=1S/C18H19N3O7S/c1-27-16-8-6-13(11-15(16)21(23)24)29(25,26)19-12-5-7-14(17(10-12)28-2)20-9-3-4-18(20)22/h5-8,10-11,19H,3-4,9H2,1-2H3. The molecule has 2 aromatic carbocycles. The summed E-state index contributed by atoms with van der Waals surface area (Å²) in [4.78, 5) is 23.7. The van der Waals surface area contributed by atoms with Gasteiger partial charge < -0.3 is 14.4 Å². The van der Waals surface area contributed by atoms with E-state index < -0.39 is 20.6 Å². The summed E-state index contributed by atoms with van der Waals surface area (Å²) in [6, 6.07) is 7.90. The lowest BCUT2D eigenvalue weighted by molar-refractivity contribution is -0.386. The van der Waals surface area contributed by atoms with Crippen molar-refractivity contribution in [3.8, 4) is 11.5 Å². The highest BCUT2D eigenvalue weighted by Gasteiger charge is 2.26. The molecular weight excluding hydrogens is 402 g/mol. The Balaban J connectivity index is 1.92. The van der Waals surface area contributed by atoms with Crippen molar-refractivity contribution in [2.75, 3.05) is 30.4 Å². The van der Waals surface area contributed by atoms with Crippen LogP contribution in [0, 0.1) is 10.1 Å². The molecular formula is C18H19N3O7S. The van der Waals surface area contributed by atoms with Crippen LogP contribution in [0.5, 0.6) is 11.5 Å². The Morgan fingerprint density at radius 3 is 2.41 bits per heavy atom. The number of carbonyl (C=O) groups excluding carboxylic acids is 1. The van der Waals surface area contributed by atoms with Crippen molar-refractivity contribution in [1.29, 1.82) is 0 Å². The van der Waals surface area contributed by atoms with Gasteiger partial charge in [-0.05, 0) is 30.7 Å². The molecule has 0 aliphatic carbocycles. The number of benzene rings is 2. The molecule has 1 fully saturated rings. The second-order valence-electron chi connectivity index (χ2n) is 6.23. The Kier molecular flexibility index (Phi) is 5.59. The van der Waals surface area contributed by atoms with Gasteiger partial charge in [-0.15, -0.1) is 0 Å². The molecule has 29 heavy (non-hydrogen) atoms. The summed E-state index contributed by atoms with van der Waals surface area (Å²) in [7, 11) is -1.43. The number of carbonyl (C=O) groups is 1. The number of methoxy groups -OCH3 is 2. The summed E-state index contributed by atoms with van der Waals surface area (Å²) in [6.45, 7) is 0.565. The number of nitro benzene ring substituents is 1. The molecule has 1 aliphatic heterocycles. The molecule has 3 rings (SSSR count). The first-order valence-electron chi connectivity index (χ1n) is 8.60. The number of sulfonamides is 1. The fourth-order valence-corrected chi connectivity index (χ4v) is 4.13. The lowest BCUT2D eigenvalue weighted by Gasteiger charge is -2.20. The van der Waals surface area contributed by atoms with Crippen LogP contribution in [0.3, 0.4) is 0 Å². The number of rotatable bonds is 7. The van der Waals surface area contributed by atoms with E-state index in [1.807, 2.05) is 0 Å². The number of hydrogen-bond donors (Lipinski definition) is 1. The summed E-state index contributed by atoms with van der Waals surface area (Å²) in [5.41, 5.74) is 0.282. The molecule has 1 amide bonds. The molecule has 1 saturated heterocycles. The van der Waals surface area contributed by atoms with Gasteiger partial charge in [0.15, 0.2) is 5.75 Å². The highest BCUT2D eigenvalue weighted by molar-refractivity contribution is 7.92. The molecule has 1 heterocycles. The van der Waals surface area contributed by atoms with Crippen LogP contribution in [0.4, 0.5) is 17.1 Å². The normalized spacial score (nSPS) is 14.0. The highest BCUT2D eigenvalue weighted by atomic mass is 32.2. The number of hydrogen-bond acceptors (Lipinski definition) is 7. The van der Waals surface area contributed by atoms with Crippen LogP contribution in [-0.4, -0.2) is 40.0 Å². The van der Waals surface area contributed by atoms with Crippen molar-refractivity contribution in [2.24, 2.45) is 0 Å². The van der Waals surface area contributed by atoms with E-state index in [0.717, 1.165) is 12.5 Å². The lowest BCUT2D eigenvalue weighted by Crippen LogP contribution is -2.24. The zero-order valence-corrected chi connectivity index (χ0v) is 16.6. The van der Waals surface area contributed by atoms with Gasteiger partial charge in [0.2, 0.25) is 5.91 Å². The maximum atomic E-state index is 12.7. The molecule has 0 unspecified atom stereocenters. The maximum absolute atomic E-state index is 12.7. The van der Waals surface area contributed by atoms with Crippen molar-refractivity contribution in [3.05, 3.63) is 46.5 Å². The number of ether oxygens (including phenoxy) is 2. The van der Waals surface area contributed by atoms with Crippen LogP contribution in [-0.2, 0) is 14.8 Å². The molecule has 0 aromatic heterocycles. The number of nitrogens with zero attached hydrogens (tertiary/aromatic N) is 2. The summed E-state index contributed by atoms with van der Waals surface area (Å²) >= 11 is 0. The molecule has 0 saturated carbocycles. The average molecular weight is 421 g/mol. The van der Waals surface area contributed by atoms with Crippen LogP contribution in [0.25, 0.3) is 0 Å². The van der Waals surface area contributed by atoms with E-state index >= 15 is 0 Å². The van der Waals surface area contributed by atoms with Gasteiger partial charge in [0.25, 0.3) is 10.0 Å². The Bertz CT molecular complexity index is 1070. The fourth-order valence-electron chi connectivity index (χ4n) is 3.06. The monoisotopic (exact) mass is 421 g/mol. The third-order valence-electron chi connectivity index (χ3n) is 4.45. The zero-order chi connectivity index (χ0) is 21.2. The van der Waals surface area contributed by atoms with Crippen molar-refractivity contribution in [1.82, 2.24) is 0 Å². The number of nitro groups is 1. The minimum atomic E-state index is -4.11. The number of anilines is 2. The third kappa shape index (κ3) is 4.09. The van der Waals surface area contributed by atoms with E-state index in [9.17, 15) is 23.3 Å². The summed E-state index contributed by atoms with van der Waals surface area (Å²) in [5.74, 6) is 0.263. The van der Waals surface area contributed by atoms with E-state index in [-0.39, 0.29) is 22.2 Å². The van der Waals surface area contributed by atoms with Gasteiger partial charge in [0, 0.05) is 25.1 Å². The number of nitrogens with one attached hydrogen (secondary N) is 1. The first kappa shape index (κ1) is 20.4. The summed E-state index contributed by atoms with van der Waals surface area (Å²) in [5, 5.41) is 11.2. The van der Waals surface area contributed by atoms with Gasteiger partial charge in [0.1, 0.15) is 5.75 Å². The van der Waals surface area contributed by atoms with Gasteiger partial charge in [-0.1, -0.05) is 0 Å². The second kappa shape index (κ2) is 7.95. The SMILES string of the molecule is COc1cc(NS(=O)(=O)c2ccc(OC)c([N+](=O)[O-])c2)ccc1N1CCCC1=O. The van der Waals surface area contributed by atoms with Crippen molar-refractivity contribution >= 4 is 33.0 Å². The number of amides is 1. The van der Waals surface area contributed by atoms with Gasteiger partial charge in [-0.25, -0.2) is 8.42 Å². The smallest absolute Gasteiger partial charge is 0.312 e. The molecule has 154 valence electrons. The van der Waals surface area contributed by atoms with Gasteiger partial charge in [-0.3, -0.25) is 19.6 Å². The van der Waals surface area contributed by atoms with E-state index in [2.05, 4.69) is 4.72 Å². The molecule has 0 radical (unpaired) electrons. The predicted octanol–water partition coefficient (Wildman–Crippen LogP) is 2.54. The molecule has 10 nitrogen and oxygen atoms in total. The summed E-state index contributed by atoms with van der Waals surface area (Å²) in [6.07, 6.45) is 1.19. The highest BCUT2D eigenvalue weighted by Crippen LogP contribution is 2.35. The van der Waals surface area contributed by atoms with E-state index in [1.54, 1.807) is 11.0 Å². The maximum Gasteiger partial charge on any atom is 0.312 e. The Labute approximate surface area is 167 Å². The first-order valence-corrected chi connectivity index (χ1v) is 10.1. The Morgan fingerprint density at radius 1 is 1.10 bits per heavy atom. The molecule has 0 spiro atoms. The predicted molar refractivity (Wildman–Crippen MR) is 105 cm³/mol. The lowest BCUT2D eigenvalue weighted by atomic mass is 10.2. The fraction of sp³-hybridized carbons (Fsp3) is 0.278. The minimum absolute atomic E-state index is 0.0258. The summed E-state index contributed by atoms with van der Waals surface area (Å²) < 4.78 is 37.9. The quantitative estimate of drug-likeness (QED) is 0.537. The van der Waals surface area contributed by atoms with E-state index in [0.29, 0.717) is 24.4 Å². The molecule has 11 heteroatoms. The molecule has 1 aliphatic rings. The second-order valence-corrected chi connectivity index (χ2v) is 7.91. The van der Waals surface area contributed by atoms with Gasteiger partial charge in [-0.2, -0.15) is 0 Å². The Morgan fingerprint density at radius 2 is 1.83 bits per heavy atom. The van der Waals surface area contributed by atoms with Crippen molar-refractivity contribution in [3.63, 3.8) is 0 Å². The topological polar surface area (TPSA) is 128 Å². The van der Waals surface area contributed by atoms with Crippen molar-refractivity contribution in [2.45, 2.75) is 17.7 Å². The van der Waals surface area contributed by atoms with E-state index in [1.165, 1.54) is 38.5 Å². The van der Waals surface area contributed by atoms with Gasteiger partial charge >= 0.3 is 5.69 Å². The molecule has 1 N–H and O–H groups in total. The van der Waals surface area contributed by atoms with Crippen LogP contribution in [0.2, 0.25) is 0 Å². The zero-order valence-electron chi connectivity index (χ0n) is 15.7. The first-order chi connectivity index (χ1) is 13.8. The minimum Gasteiger partial charge on any atom is -0.494 e. The molecule has 2 aromatic rings. The van der Waals surface area contributed by atoms with E-state index in [4.69, 9.17) is 9.47 Å². The molecule has 0 atom stereocenters. The largest absolute Gasteiger partial charge is 0.494 e. The van der Waals surface area contributed by atoms with Crippen LogP contribution >= 0.6 is 0 Å². The van der Waals surface area contributed by atoms with Crippen LogP contribution < -0.4 is 19.1 Å². The third-order valence-corrected chi connectivity index (χ3v) is 5.83. The molecule has 0 bridgehead atoms.